The molecule has 2 rings (SSSR count). The molecular weight excluding hydrogens is 232 g/mol. The highest BCUT2D eigenvalue weighted by atomic mass is 15.1. The minimum Gasteiger partial charge on any atom is -0.313 e. The Labute approximate surface area is 118 Å². The summed E-state index contributed by atoms with van der Waals surface area (Å²) in [4.78, 5) is 2.39. The van der Waals surface area contributed by atoms with Crippen LogP contribution in [0.4, 0.5) is 0 Å². The molecule has 106 valence electrons. The van der Waals surface area contributed by atoms with Crippen molar-refractivity contribution in [1.29, 1.82) is 0 Å². The maximum absolute atomic E-state index is 3.67. The van der Waals surface area contributed by atoms with Gasteiger partial charge in [-0.25, -0.2) is 0 Å². The molecule has 1 N–H and O–H groups in total. The minimum absolute atomic E-state index is 0.642. The lowest BCUT2D eigenvalue weighted by Crippen LogP contribution is -2.43. The first-order valence-electron chi connectivity index (χ1n) is 7.56. The average molecular weight is 260 g/mol. The summed E-state index contributed by atoms with van der Waals surface area (Å²) in [7, 11) is 2.20. The predicted molar refractivity (Wildman–Crippen MR) is 82.7 cm³/mol. The molecule has 0 atom stereocenters. The predicted octanol–water partition coefficient (Wildman–Crippen LogP) is 3.17. The molecule has 0 aliphatic heterocycles. The first kappa shape index (κ1) is 14.5. The van der Waals surface area contributed by atoms with E-state index in [-0.39, 0.29) is 0 Å². The number of benzene rings is 1. The fourth-order valence-corrected chi connectivity index (χ4v) is 2.60. The van der Waals surface area contributed by atoms with Gasteiger partial charge in [-0.15, -0.1) is 0 Å². The van der Waals surface area contributed by atoms with Crippen LogP contribution in [0, 0.1) is 6.92 Å². The molecule has 0 aromatic heterocycles. The third-order valence-corrected chi connectivity index (χ3v) is 4.47. The van der Waals surface area contributed by atoms with Crippen LogP contribution in [0.3, 0.4) is 0 Å². The van der Waals surface area contributed by atoms with Gasteiger partial charge in [0.2, 0.25) is 0 Å². The number of aryl methyl sites for hydroxylation is 1. The molecule has 2 heteroatoms. The highest BCUT2D eigenvalue weighted by Gasteiger charge is 2.29. The number of nitrogens with zero attached hydrogens (tertiary/aromatic N) is 1. The third-order valence-electron chi connectivity index (χ3n) is 4.47. The van der Waals surface area contributed by atoms with Gasteiger partial charge in [0.1, 0.15) is 0 Å². The second-order valence-electron chi connectivity index (χ2n) is 6.30. The van der Waals surface area contributed by atoms with Crippen molar-refractivity contribution in [2.24, 2.45) is 0 Å². The van der Waals surface area contributed by atoms with E-state index in [0.29, 0.717) is 6.04 Å². The smallest absolute Gasteiger partial charge is 0.0107 e. The first-order valence-corrected chi connectivity index (χ1v) is 7.56. The SMILES string of the molecule is Cc1ccc(C2CC(NCCN(C)C(C)C)C2)cc1. The second kappa shape index (κ2) is 6.53. The van der Waals surface area contributed by atoms with Crippen molar-refractivity contribution in [2.45, 2.75) is 51.6 Å². The van der Waals surface area contributed by atoms with Crippen molar-refractivity contribution in [3.8, 4) is 0 Å². The quantitative estimate of drug-likeness (QED) is 0.845. The van der Waals surface area contributed by atoms with Crippen LogP contribution in [0.15, 0.2) is 24.3 Å². The van der Waals surface area contributed by atoms with Gasteiger partial charge in [-0.3, -0.25) is 0 Å². The highest BCUT2D eigenvalue weighted by Crippen LogP contribution is 2.36. The molecule has 1 aromatic rings. The third kappa shape index (κ3) is 4.05. The molecule has 0 saturated heterocycles. The van der Waals surface area contributed by atoms with Gasteiger partial charge in [-0.2, -0.15) is 0 Å². The van der Waals surface area contributed by atoms with E-state index in [1.54, 1.807) is 0 Å². The topological polar surface area (TPSA) is 15.3 Å². The molecule has 0 amide bonds. The van der Waals surface area contributed by atoms with Crippen molar-refractivity contribution in [3.63, 3.8) is 0 Å². The summed E-state index contributed by atoms with van der Waals surface area (Å²) in [6.07, 6.45) is 2.60. The van der Waals surface area contributed by atoms with Crippen molar-refractivity contribution in [2.75, 3.05) is 20.1 Å². The molecule has 2 nitrogen and oxygen atoms in total. The van der Waals surface area contributed by atoms with Crippen molar-refractivity contribution in [3.05, 3.63) is 35.4 Å². The number of nitrogens with one attached hydrogen (secondary N) is 1. The van der Waals surface area contributed by atoms with Gasteiger partial charge in [0.25, 0.3) is 0 Å². The van der Waals surface area contributed by atoms with Gasteiger partial charge >= 0.3 is 0 Å². The summed E-state index contributed by atoms with van der Waals surface area (Å²) in [6, 6.07) is 10.4. The van der Waals surface area contributed by atoms with Gasteiger partial charge < -0.3 is 10.2 Å². The Balaban J connectivity index is 1.65. The largest absolute Gasteiger partial charge is 0.313 e. The molecule has 19 heavy (non-hydrogen) atoms. The Hall–Kier alpha value is -0.860. The van der Waals surface area contributed by atoms with Crippen LogP contribution in [0.2, 0.25) is 0 Å². The van der Waals surface area contributed by atoms with Gasteiger partial charge in [0, 0.05) is 25.2 Å². The maximum atomic E-state index is 3.67. The zero-order chi connectivity index (χ0) is 13.8. The minimum atomic E-state index is 0.642. The molecule has 0 bridgehead atoms. The Bertz CT molecular complexity index is 377. The molecule has 1 aliphatic carbocycles. The molecule has 1 aliphatic rings. The van der Waals surface area contributed by atoms with Crippen LogP contribution in [-0.4, -0.2) is 37.1 Å². The summed E-state index contributed by atoms with van der Waals surface area (Å²) in [5, 5.41) is 3.67. The Kier molecular flexibility index (Phi) is 5.00. The molecule has 1 aromatic carbocycles. The van der Waals surface area contributed by atoms with Crippen molar-refractivity contribution < 1.29 is 0 Å². The average Bonchev–Trinajstić information content (AvgIpc) is 2.33. The zero-order valence-corrected chi connectivity index (χ0v) is 12.8. The van der Waals surface area contributed by atoms with E-state index in [9.17, 15) is 0 Å². The summed E-state index contributed by atoms with van der Waals surface area (Å²) in [5.41, 5.74) is 2.87. The van der Waals surface area contributed by atoms with Crippen LogP contribution in [-0.2, 0) is 0 Å². The van der Waals surface area contributed by atoms with Crippen LogP contribution in [0.1, 0.15) is 43.7 Å². The van der Waals surface area contributed by atoms with Crippen LogP contribution in [0.5, 0.6) is 0 Å². The Morgan fingerprint density at radius 3 is 2.42 bits per heavy atom. The van der Waals surface area contributed by atoms with Gasteiger partial charge in [0.15, 0.2) is 0 Å². The summed E-state index contributed by atoms with van der Waals surface area (Å²) in [5.74, 6) is 0.779. The van der Waals surface area contributed by atoms with Crippen LogP contribution in [0.25, 0.3) is 0 Å². The lowest BCUT2D eigenvalue weighted by Gasteiger charge is -2.37. The summed E-state index contributed by atoms with van der Waals surface area (Å²) < 4.78 is 0. The fraction of sp³-hybridized carbons (Fsp3) is 0.647. The Morgan fingerprint density at radius 1 is 1.21 bits per heavy atom. The number of hydrogen-bond donors (Lipinski definition) is 1. The molecule has 0 spiro atoms. The monoisotopic (exact) mass is 260 g/mol. The maximum Gasteiger partial charge on any atom is 0.0107 e. The van der Waals surface area contributed by atoms with Crippen molar-refractivity contribution in [1.82, 2.24) is 10.2 Å². The Morgan fingerprint density at radius 2 is 1.84 bits per heavy atom. The second-order valence-corrected chi connectivity index (χ2v) is 6.30. The lowest BCUT2D eigenvalue weighted by molar-refractivity contribution is 0.242. The molecule has 1 saturated carbocycles. The fourth-order valence-electron chi connectivity index (χ4n) is 2.60. The van der Waals surface area contributed by atoms with Crippen LogP contribution < -0.4 is 5.32 Å². The summed E-state index contributed by atoms with van der Waals surface area (Å²) >= 11 is 0. The van der Waals surface area contributed by atoms with Gasteiger partial charge in [0.05, 0.1) is 0 Å². The highest BCUT2D eigenvalue weighted by molar-refractivity contribution is 5.26. The van der Waals surface area contributed by atoms with E-state index >= 15 is 0 Å². The normalized spacial score (nSPS) is 22.8. The van der Waals surface area contributed by atoms with Crippen molar-refractivity contribution >= 4 is 0 Å². The molecule has 1 fully saturated rings. The summed E-state index contributed by atoms with van der Waals surface area (Å²) in [6.45, 7) is 8.90. The standard InChI is InChI=1S/C17H28N2/c1-13(2)19(4)10-9-18-17-11-16(12-17)15-7-5-14(3)6-8-15/h5-8,13,16-18H,9-12H2,1-4H3. The lowest BCUT2D eigenvalue weighted by atomic mass is 9.76. The van der Waals surface area contributed by atoms with Crippen LogP contribution >= 0.6 is 0 Å². The van der Waals surface area contributed by atoms with E-state index in [1.807, 2.05) is 0 Å². The van der Waals surface area contributed by atoms with E-state index < -0.39 is 0 Å². The van der Waals surface area contributed by atoms with E-state index in [2.05, 4.69) is 62.3 Å². The van der Waals surface area contributed by atoms with Gasteiger partial charge in [-0.1, -0.05) is 29.8 Å². The first-order chi connectivity index (χ1) is 9.06. The van der Waals surface area contributed by atoms with E-state index in [1.165, 1.54) is 24.0 Å². The molecular formula is C17H28N2. The number of hydrogen-bond acceptors (Lipinski definition) is 2. The molecule has 0 unspecified atom stereocenters. The van der Waals surface area contributed by atoms with E-state index in [0.717, 1.165) is 25.0 Å². The molecule has 0 heterocycles. The number of likely N-dealkylation sites (N-methyl/N-ethyl adjacent to an activating group) is 1. The van der Waals surface area contributed by atoms with Gasteiger partial charge in [-0.05, 0) is 52.1 Å². The number of rotatable bonds is 6. The van der Waals surface area contributed by atoms with E-state index in [4.69, 9.17) is 0 Å². The molecule has 0 radical (unpaired) electrons. The zero-order valence-electron chi connectivity index (χ0n) is 12.8.